The zero-order valence-electron chi connectivity index (χ0n) is 11.6. The molecule has 0 spiro atoms. The van der Waals surface area contributed by atoms with Crippen molar-refractivity contribution in [3.05, 3.63) is 47.5 Å². The van der Waals surface area contributed by atoms with Crippen LogP contribution in [0.3, 0.4) is 0 Å². The molecule has 1 fully saturated rings. The summed E-state index contributed by atoms with van der Waals surface area (Å²) < 4.78 is 0. The molecule has 0 saturated heterocycles. The minimum absolute atomic E-state index is 0.411. The standard InChI is InChI=1S/C17H22N2/c1-13-2-4-16-9-14(3-5-15(16)8-13)10-19-12-17(11-18)6-7-17/h2-5,8-9,19H,6-7,10-12,18H2,1H3. The highest BCUT2D eigenvalue weighted by Crippen LogP contribution is 2.43. The zero-order chi connectivity index (χ0) is 13.3. The molecule has 2 nitrogen and oxygen atoms in total. The maximum Gasteiger partial charge on any atom is 0.0205 e. The first-order valence-corrected chi connectivity index (χ1v) is 7.11. The van der Waals surface area contributed by atoms with Crippen molar-refractivity contribution in [2.45, 2.75) is 26.3 Å². The fourth-order valence-electron chi connectivity index (χ4n) is 2.63. The molecule has 2 aromatic carbocycles. The van der Waals surface area contributed by atoms with Gasteiger partial charge in [0.2, 0.25) is 0 Å². The molecule has 2 heteroatoms. The topological polar surface area (TPSA) is 38.0 Å². The van der Waals surface area contributed by atoms with E-state index in [0.29, 0.717) is 5.41 Å². The summed E-state index contributed by atoms with van der Waals surface area (Å²) in [5.74, 6) is 0. The van der Waals surface area contributed by atoms with Gasteiger partial charge in [-0.15, -0.1) is 0 Å². The maximum absolute atomic E-state index is 5.80. The van der Waals surface area contributed by atoms with E-state index in [2.05, 4.69) is 48.6 Å². The van der Waals surface area contributed by atoms with Gasteiger partial charge in [0.25, 0.3) is 0 Å². The average molecular weight is 254 g/mol. The van der Waals surface area contributed by atoms with Gasteiger partial charge in [-0.2, -0.15) is 0 Å². The summed E-state index contributed by atoms with van der Waals surface area (Å²) in [7, 11) is 0. The van der Waals surface area contributed by atoms with Gasteiger partial charge >= 0.3 is 0 Å². The van der Waals surface area contributed by atoms with Crippen molar-refractivity contribution in [2.75, 3.05) is 13.1 Å². The zero-order valence-corrected chi connectivity index (χ0v) is 11.6. The van der Waals surface area contributed by atoms with Crippen LogP contribution in [-0.2, 0) is 6.54 Å². The van der Waals surface area contributed by atoms with Crippen molar-refractivity contribution in [1.29, 1.82) is 0 Å². The number of rotatable bonds is 5. The quantitative estimate of drug-likeness (QED) is 0.861. The second-order valence-electron chi connectivity index (χ2n) is 5.99. The summed E-state index contributed by atoms with van der Waals surface area (Å²) in [6.45, 7) is 4.94. The van der Waals surface area contributed by atoms with Crippen LogP contribution in [0.4, 0.5) is 0 Å². The highest BCUT2D eigenvalue weighted by Gasteiger charge is 2.40. The molecule has 0 amide bonds. The Kier molecular flexibility index (Phi) is 3.29. The minimum atomic E-state index is 0.411. The van der Waals surface area contributed by atoms with Crippen molar-refractivity contribution in [3.63, 3.8) is 0 Å². The van der Waals surface area contributed by atoms with Gasteiger partial charge in [-0.3, -0.25) is 0 Å². The van der Waals surface area contributed by atoms with Crippen LogP contribution >= 0.6 is 0 Å². The van der Waals surface area contributed by atoms with Gasteiger partial charge in [0, 0.05) is 13.1 Å². The predicted octanol–water partition coefficient (Wildman–Crippen LogP) is 2.98. The second-order valence-corrected chi connectivity index (χ2v) is 5.99. The third-order valence-corrected chi connectivity index (χ3v) is 4.28. The lowest BCUT2D eigenvalue weighted by Gasteiger charge is -2.13. The lowest BCUT2D eigenvalue weighted by molar-refractivity contribution is 0.468. The van der Waals surface area contributed by atoms with E-state index in [1.54, 1.807) is 0 Å². The molecular weight excluding hydrogens is 232 g/mol. The monoisotopic (exact) mass is 254 g/mol. The van der Waals surface area contributed by atoms with E-state index < -0.39 is 0 Å². The van der Waals surface area contributed by atoms with Crippen molar-refractivity contribution >= 4 is 10.8 Å². The summed E-state index contributed by atoms with van der Waals surface area (Å²) in [6.07, 6.45) is 2.57. The average Bonchev–Trinajstić information content (AvgIpc) is 3.19. The third-order valence-electron chi connectivity index (χ3n) is 4.28. The number of aryl methyl sites for hydroxylation is 1. The van der Waals surface area contributed by atoms with Crippen LogP contribution in [0.1, 0.15) is 24.0 Å². The number of hydrogen-bond donors (Lipinski definition) is 2. The molecule has 0 unspecified atom stereocenters. The molecule has 1 aliphatic carbocycles. The number of benzene rings is 2. The van der Waals surface area contributed by atoms with Crippen molar-refractivity contribution < 1.29 is 0 Å². The molecule has 1 aliphatic rings. The first kappa shape index (κ1) is 12.6. The Morgan fingerprint density at radius 1 is 1.11 bits per heavy atom. The van der Waals surface area contributed by atoms with Gasteiger partial charge in [0.15, 0.2) is 0 Å². The summed E-state index contributed by atoms with van der Waals surface area (Å²) in [5.41, 5.74) is 8.88. The van der Waals surface area contributed by atoms with E-state index >= 15 is 0 Å². The van der Waals surface area contributed by atoms with Crippen LogP contribution in [0.5, 0.6) is 0 Å². The van der Waals surface area contributed by atoms with Gasteiger partial charge in [-0.1, -0.05) is 35.9 Å². The van der Waals surface area contributed by atoms with Crippen molar-refractivity contribution in [2.24, 2.45) is 11.1 Å². The molecule has 0 aliphatic heterocycles. The van der Waals surface area contributed by atoms with Crippen molar-refractivity contribution in [1.82, 2.24) is 5.32 Å². The number of nitrogens with two attached hydrogens (primary N) is 1. The Balaban J connectivity index is 1.66. The van der Waals surface area contributed by atoms with Crippen molar-refractivity contribution in [3.8, 4) is 0 Å². The Labute approximate surface area is 115 Å². The maximum atomic E-state index is 5.80. The molecule has 19 heavy (non-hydrogen) atoms. The van der Waals surface area contributed by atoms with Gasteiger partial charge in [0.1, 0.15) is 0 Å². The molecule has 3 N–H and O–H groups in total. The third kappa shape index (κ3) is 2.80. The lowest BCUT2D eigenvalue weighted by Crippen LogP contribution is -2.29. The number of nitrogens with one attached hydrogen (secondary N) is 1. The first-order valence-electron chi connectivity index (χ1n) is 7.11. The highest BCUT2D eigenvalue weighted by molar-refractivity contribution is 5.83. The molecule has 2 aromatic rings. The van der Waals surface area contributed by atoms with Gasteiger partial charge in [-0.05, 0) is 54.1 Å². The number of hydrogen-bond acceptors (Lipinski definition) is 2. The highest BCUT2D eigenvalue weighted by atomic mass is 14.9. The van der Waals surface area contributed by atoms with Crippen LogP contribution in [0, 0.1) is 12.3 Å². The van der Waals surface area contributed by atoms with Gasteiger partial charge < -0.3 is 11.1 Å². The fourth-order valence-corrected chi connectivity index (χ4v) is 2.63. The Morgan fingerprint density at radius 3 is 2.58 bits per heavy atom. The molecule has 0 aromatic heterocycles. The minimum Gasteiger partial charge on any atom is -0.330 e. The Bertz CT molecular complexity index is 585. The molecule has 0 atom stereocenters. The summed E-state index contributed by atoms with van der Waals surface area (Å²) >= 11 is 0. The molecule has 0 radical (unpaired) electrons. The van der Waals surface area contributed by atoms with Crippen LogP contribution in [-0.4, -0.2) is 13.1 Å². The second kappa shape index (κ2) is 4.95. The molecule has 0 bridgehead atoms. The normalized spacial score (nSPS) is 16.7. The van der Waals surface area contributed by atoms with E-state index in [1.807, 2.05) is 0 Å². The number of fused-ring (bicyclic) bond motifs is 1. The summed E-state index contributed by atoms with van der Waals surface area (Å²) in [4.78, 5) is 0. The Morgan fingerprint density at radius 2 is 1.84 bits per heavy atom. The smallest absolute Gasteiger partial charge is 0.0205 e. The summed E-state index contributed by atoms with van der Waals surface area (Å²) in [6, 6.07) is 13.3. The summed E-state index contributed by atoms with van der Waals surface area (Å²) in [5, 5.41) is 6.20. The van der Waals surface area contributed by atoms with Crippen LogP contribution < -0.4 is 11.1 Å². The van der Waals surface area contributed by atoms with Gasteiger partial charge in [0.05, 0.1) is 0 Å². The molecule has 1 saturated carbocycles. The van der Waals surface area contributed by atoms with Crippen LogP contribution in [0.25, 0.3) is 10.8 Å². The predicted molar refractivity (Wildman–Crippen MR) is 81.1 cm³/mol. The van der Waals surface area contributed by atoms with Gasteiger partial charge in [-0.25, -0.2) is 0 Å². The van der Waals surface area contributed by atoms with E-state index in [1.165, 1.54) is 34.7 Å². The molecule has 3 rings (SSSR count). The largest absolute Gasteiger partial charge is 0.330 e. The molecule has 0 heterocycles. The molecule has 100 valence electrons. The van der Waals surface area contributed by atoms with E-state index in [-0.39, 0.29) is 0 Å². The SMILES string of the molecule is Cc1ccc2cc(CNCC3(CN)CC3)ccc2c1. The first-order chi connectivity index (χ1) is 9.21. The molecular formula is C17H22N2. The van der Waals surface area contributed by atoms with Crippen LogP contribution in [0.15, 0.2) is 36.4 Å². The van der Waals surface area contributed by atoms with E-state index in [9.17, 15) is 0 Å². The van der Waals surface area contributed by atoms with E-state index in [0.717, 1.165) is 19.6 Å². The van der Waals surface area contributed by atoms with Crippen LogP contribution in [0.2, 0.25) is 0 Å². The van der Waals surface area contributed by atoms with E-state index in [4.69, 9.17) is 5.73 Å². The lowest BCUT2D eigenvalue weighted by atomic mass is 10.0. The Hall–Kier alpha value is -1.38. The fraction of sp³-hybridized carbons (Fsp3) is 0.412.